The molecule has 2 aromatic carbocycles. The second-order valence-electron chi connectivity index (χ2n) is 8.11. The van der Waals surface area contributed by atoms with E-state index in [1.54, 1.807) is 24.3 Å². The summed E-state index contributed by atoms with van der Waals surface area (Å²) in [6.07, 6.45) is 7.42. The molecule has 180 valence electrons. The van der Waals surface area contributed by atoms with Crippen LogP contribution in [0.3, 0.4) is 0 Å². The first-order valence-electron chi connectivity index (χ1n) is 11.4. The summed E-state index contributed by atoms with van der Waals surface area (Å²) in [6, 6.07) is 12.3. The Morgan fingerprint density at radius 3 is 1.94 bits per heavy atom. The van der Waals surface area contributed by atoms with Crippen molar-refractivity contribution in [3.63, 3.8) is 0 Å². The van der Waals surface area contributed by atoms with E-state index in [-0.39, 0.29) is 11.5 Å². The average Bonchev–Trinajstić information content (AvgIpc) is 2.87. The van der Waals surface area contributed by atoms with Gasteiger partial charge in [0.05, 0.1) is 0 Å². The number of rotatable bonds is 8. The van der Waals surface area contributed by atoms with E-state index in [2.05, 4.69) is 26.7 Å². The van der Waals surface area contributed by atoms with Crippen molar-refractivity contribution in [2.75, 3.05) is 0 Å². The first-order valence-corrected chi connectivity index (χ1v) is 11.4. The van der Waals surface area contributed by atoms with Crippen LogP contribution in [0.4, 0.5) is 0 Å². The van der Waals surface area contributed by atoms with Gasteiger partial charge in [-0.2, -0.15) is 0 Å². The van der Waals surface area contributed by atoms with E-state index in [1.807, 2.05) is 18.2 Å². The van der Waals surface area contributed by atoms with Crippen LogP contribution < -0.4 is 14.2 Å². The standard InChI is InChI=1S/C29H28O6/c1-5-26(30)33-22-15-12-20(13-16-22)29(23-11-9-8-10-19(23)4)21-14-17-24(34-27(31)6-2)25(18-21)35-28(32)7-3/h5-7,12-19H,1-3,8-11H2,4H3/b29-23-. The van der Waals surface area contributed by atoms with Crippen molar-refractivity contribution >= 4 is 23.5 Å². The predicted molar refractivity (Wildman–Crippen MR) is 134 cm³/mol. The minimum atomic E-state index is -0.674. The molecular formula is C29H28O6. The Bertz CT molecular complexity index is 1190. The normalized spacial score (nSPS) is 16.4. The number of esters is 3. The Hall–Kier alpha value is -4.19. The summed E-state index contributed by atoms with van der Waals surface area (Å²) in [5.74, 6) is -0.913. The van der Waals surface area contributed by atoms with Gasteiger partial charge in [0, 0.05) is 18.2 Å². The summed E-state index contributed by atoms with van der Waals surface area (Å²) in [5.41, 5.74) is 4.00. The maximum Gasteiger partial charge on any atom is 0.335 e. The fourth-order valence-corrected chi connectivity index (χ4v) is 4.07. The zero-order valence-electron chi connectivity index (χ0n) is 19.8. The van der Waals surface area contributed by atoms with Gasteiger partial charge >= 0.3 is 17.9 Å². The molecule has 2 aromatic rings. The summed E-state index contributed by atoms with van der Waals surface area (Å²) >= 11 is 0. The van der Waals surface area contributed by atoms with Crippen LogP contribution in [0.5, 0.6) is 17.2 Å². The van der Waals surface area contributed by atoms with Gasteiger partial charge in [0.2, 0.25) is 0 Å². The molecule has 0 aliphatic heterocycles. The molecule has 1 aliphatic carbocycles. The lowest BCUT2D eigenvalue weighted by Gasteiger charge is -2.26. The second kappa shape index (κ2) is 11.8. The summed E-state index contributed by atoms with van der Waals surface area (Å²) in [4.78, 5) is 35.3. The third-order valence-corrected chi connectivity index (χ3v) is 5.76. The van der Waals surface area contributed by atoms with Gasteiger partial charge in [0.25, 0.3) is 0 Å². The number of hydrogen-bond donors (Lipinski definition) is 0. The Morgan fingerprint density at radius 2 is 1.34 bits per heavy atom. The lowest BCUT2D eigenvalue weighted by Crippen LogP contribution is -2.11. The lowest BCUT2D eigenvalue weighted by atomic mass is 9.79. The van der Waals surface area contributed by atoms with E-state index in [0.29, 0.717) is 11.7 Å². The van der Waals surface area contributed by atoms with E-state index in [0.717, 1.165) is 60.6 Å². The molecule has 6 heteroatoms. The van der Waals surface area contributed by atoms with E-state index >= 15 is 0 Å². The van der Waals surface area contributed by atoms with E-state index in [1.165, 1.54) is 5.57 Å². The van der Waals surface area contributed by atoms with E-state index in [4.69, 9.17) is 14.2 Å². The van der Waals surface area contributed by atoms with Crippen LogP contribution in [-0.2, 0) is 14.4 Å². The average molecular weight is 473 g/mol. The number of carbonyl (C=O) groups is 3. The van der Waals surface area contributed by atoms with Crippen molar-refractivity contribution in [2.24, 2.45) is 5.92 Å². The summed E-state index contributed by atoms with van der Waals surface area (Å²) in [7, 11) is 0. The zero-order valence-corrected chi connectivity index (χ0v) is 19.8. The third-order valence-electron chi connectivity index (χ3n) is 5.76. The van der Waals surface area contributed by atoms with Crippen molar-refractivity contribution in [3.05, 3.63) is 97.1 Å². The highest BCUT2D eigenvalue weighted by Crippen LogP contribution is 2.41. The molecule has 1 aliphatic rings. The molecule has 0 spiro atoms. The van der Waals surface area contributed by atoms with E-state index < -0.39 is 17.9 Å². The molecule has 1 saturated carbocycles. The molecule has 1 unspecified atom stereocenters. The molecule has 0 heterocycles. The fraction of sp³-hybridized carbons (Fsp3) is 0.207. The fourth-order valence-electron chi connectivity index (χ4n) is 4.07. The number of allylic oxidation sites excluding steroid dienone is 1. The molecule has 0 bridgehead atoms. The van der Waals surface area contributed by atoms with Crippen molar-refractivity contribution < 1.29 is 28.6 Å². The summed E-state index contributed by atoms with van der Waals surface area (Å²) in [5, 5.41) is 0. The van der Waals surface area contributed by atoms with Gasteiger partial charge in [0.1, 0.15) is 5.75 Å². The Morgan fingerprint density at radius 1 is 0.771 bits per heavy atom. The van der Waals surface area contributed by atoms with Crippen LogP contribution in [0.15, 0.2) is 86.0 Å². The smallest absolute Gasteiger partial charge is 0.335 e. The second-order valence-corrected chi connectivity index (χ2v) is 8.11. The van der Waals surface area contributed by atoms with Crippen LogP contribution in [0.1, 0.15) is 43.7 Å². The van der Waals surface area contributed by atoms with Gasteiger partial charge in [-0.1, -0.05) is 56.9 Å². The summed E-state index contributed by atoms with van der Waals surface area (Å²) < 4.78 is 15.9. The van der Waals surface area contributed by atoms with Gasteiger partial charge < -0.3 is 14.2 Å². The number of carbonyl (C=O) groups excluding carboxylic acids is 3. The van der Waals surface area contributed by atoms with E-state index in [9.17, 15) is 14.4 Å². The summed E-state index contributed by atoms with van der Waals surface area (Å²) in [6.45, 7) is 12.5. The molecule has 35 heavy (non-hydrogen) atoms. The minimum Gasteiger partial charge on any atom is -0.423 e. The van der Waals surface area contributed by atoms with Crippen LogP contribution in [0.25, 0.3) is 5.57 Å². The van der Waals surface area contributed by atoms with Gasteiger partial charge in [-0.3, -0.25) is 0 Å². The molecule has 1 fully saturated rings. The Kier molecular flexibility index (Phi) is 8.57. The van der Waals surface area contributed by atoms with Crippen molar-refractivity contribution in [1.29, 1.82) is 0 Å². The van der Waals surface area contributed by atoms with Gasteiger partial charge in [-0.05, 0) is 66.1 Å². The maximum atomic E-state index is 12.0. The Balaban J connectivity index is 2.13. The SMILES string of the molecule is C=CC(=O)Oc1ccc(/C(=C2\CCCCC2C)c2ccc(OC(=O)C=C)c(OC(=O)C=C)c2)cc1. The molecule has 0 amide bonds. The van der Waals surface area contributed by atoms with Gasteiger partial charge in [-0.25, -0.2) is 14.4 Å². The first kappa shape index (κ1) is 25.4. The predicted octanol–water partition coefficient (Wildman–Crippen LogP) is 5.97. The molecular weight excluding hydrogens is 444 g/mol. The lowest BCUT2D eigenvalue weighted by molar-refractivity contribution is -0.131. The highest BCUT2D eigenvalue weighted by atomic mass is 16.6. The quantitative estimate of drug-likeness (QED) is 0.267. The van der Waals surface area contributed by atoms with Crippen LogP contribution >= 0.6 is 0 Å². The van der Waals surface area contributed by atoms with Crippen molar-refractivity contribution in [2.45, 2.75) is 32.6 Å². The molecule has 1 atom stereocenters. The zero-order chi connectivity index (χ0) is 25.4. The molecule has 3 rings (SSSR count). The van der Waals surface area contributed by atoms with Crippen LogP contribution in [0, 0.1) is 5.92 Å². The largest absolute Gasteiger partial charge is 0.423 e. The molecule has 0 N–H and O–H groups in total. The number of benzene rings is 2. The van der Waals surface area contributed by atoms with Crippen molar-refractivity contribution in [1.82, 2.24) is 0 Å². The molecule has 0 saturated heterocycles. The highest BCUT2D eigenvalue weighted by Gasteiger charge is 2.22. The van der Waals surface area contributed by atoms with Crippen LogP contribution in [-0.4, -0.2) is 17.9 Å². The highest BCUT2D eigenvalue weighted by molar-refractivity contribution is 5.88. The van der Waals surface area contributed by atoms with Gasteiger partial charge in [0.15, 0.2) is 11.5 Å². The molecule has 0 radical (unpaired) electrons. The molecule has 0 aromatic heterocycles. The topological polar surface area (TPSA) is 78.9 Å². The minimum absolute atomic E-state index is 0.0979. The van der Waals surface area contributed by atoms with Gasteiger partial charge in [-0.15, -0.1) is 0 Å². The Labute approximate surface area is 205 Å². The number of ether oxygens (including phenoxy) is 3. The number of hydrogen-bond acceptors (Lipinski definition) is 6. The molecule has 6 nitrogen and oxygen atoms in total. The monoisotopic (exact) mass is 472 g/mol. The van der Waals surface area contributed by atoms with Crippen molar-refractivity contribution in [3.8, 4) is 17.2 Å². The van der Waals surface area contributed by atoms with Crippen LogP contribution in [0.2, 0.25) is 0 Å². The maximum absolute atomic E-state index is 12.0. The third kappa shape index (κ3) is 6.44. The first-order chi connectivity index (χ1) is 16.9.